The molecule has 5 rings (SSSR count). The first-order chi connectivity index (χ1) is 25.2. The summed E-state index contributed by atoms with van der Waals surface area (Å²) in [5, 5.41) is 11.0. The third kappa shape index (κ3) is 9.92. The molecule has 1 aromatic rings. The number of aryl methyl sites for hydroxylation is 1. The minimum Gasteiger partial charge on any atom is -0.390 e. The third-order valence-corrected chi connectivity index (χ3v) is 15.2. The number of sulfone groups is 1. The molecule has 0 radical (unpaired) electrons. The summed E-state index contributed by atoms with van der Waals surface area (Å²) in [5.74, 6) is 0.264. The molecule has 0 spiro atoms. The lowest BCUT2D eigenvalue weighted by Crippen LogP contribution is -2.48. The predicted octanol–water partition coefficient (Wildman–Crippen LogP) is 8.24. The zero-order chi connectivity index (χ0) is 38.4. The van der Waals surface area contributed by atoms with E-state index in [0.717, 1.165) is 63.4 Å². The average molecular weight is 759 g/mol. The van der Waals surface area contributed by atoms with Gasteiger partial charge in [0.25, 0.3) is 0 Å². The van der Waals surface area contributed by atoms with Gasteiger partial charge in [-0.05, 0) is 138 Å². The summed E-state index contributed by atoms with van der Waals surface area (Å²) in [5.41, 5.74) is 3.65. The summed E-state index contributed by atoms with van der Waals surface area (Å²) in [6.45, 7) is 13.4. The largest absolute Gasteiger partial charge is 0.390 e. The van der Waals surface area contributed by atoms with Crippen LogP contribution in [-0.4, -0.2) is 83.4 Å². The van der Waals surface area contributed by atoms with E-state index in [-0.39, 0.29) is 49.5 Å². The highest BCUT2D eigenvalue weighted by molar-refractivity contribution is 7.92. The molecule has 4 aliphatic rings. The van der Waals surface area contributed by atoms with Crippen LogP contribution in [0.5, 0.6) is 0 Å². The van der Waals surface area contributed by atoms with Gasteiger partial charge in [0.1, 0.15) is 13.6 Å². The number of aliphatic hydroxyl groups excluding tert-OH is 1. The van der Waals surface area contributed by atoms with E-state index in [1.54, 1.807) is 26.4 Å². The second-order valence-corrected chi connectivity index (χ2v) is 18.9. The van der Waals surface area contributed by atoms with Gasteiger partial charge in [-0.2, -0.15) is 0 Å². The van der Waals surface area contributed by atoms with E-state index in [4.69, 9.17) is 28.4 Å². The molecule has 0 amide bonds. The minimum absolute atomic E-state index is 0.0178. The van der Waals surface area contributed by atoms with E-state index >= 15 is 0 Å². The third-order valence-electron chi connectivity index (χ3n) is 12.9. The van der Waals surface area contributed by atoms with E-state index in [2.05, 4.69) is 39.0 Å². The molecule has 3 unspecified atom stereocenters. The van der Waals surface area contributed by atoms with E-state index in [1.165, 1.54) is 16.7 Å². The molecule has 10 heteroatoms. The number of fused-ring (bicyclic) bond motifs is 1. The Bertz CT molecular complexity index is 1540. The Morgan fingerprint density at radius 1 is 1.02 bits per heavy atom. The topological polar surface area (TPSA) is 110 Å². The second kappa shape index (κ2) is 18.4. The molecule has 1 saturated heterocycles. The normalized spacial score (nSPS) is 30.3. The monoisotopic (exact) mass is 758 g/mol. The van der Waals surface area contributed by atoms with Crippen molar-refractivity contribution < 1.29 is 41.9 Å². The van der Waals surface area contributed by atoms with Crippen LogP contribution in [0.3, 0.4) is 0 Å². The molecule has 0 bridgehead atoms. The SMILES string of the molecule is COCO[C@@H]1CC(C=CC2=CCC[C@]3(C)[C@@H]([C@H](C)C(CC(O)C(C)(C)OC4CCCCO4)S(=O)(=O)c4ccc(C)cc4)CC[C@@H]23)=C(C)[C@@H](OCOC)C1. The highest BCUT2D eigenvalue weighted by Gasteiger charge is 2.53. The van der Waals surface area contributed by atoms with Gasteiger partial charge in [0, 0.05) is 27.2 Å². The Labute approximate surface area is 319 Å². The molecule has 298 valence electrons. The second-order valence-electron chi connectivity index (χ2n) is 16.7. The van der Waals surface area contributed by atoms with E-state index < -0.39 is 33.1 Å². The Morgan fingerprint density at radius 2 is 1.74 bits per heavy atom. The first kappa shape index (κ1) is 42.3. The van der Waals surface area contributed by atoms with Gasteiger partial charge in [0.05, 0.1) is 34.1 Å². The van der Waals surface area contributed by atoms with E-state index in [0.29, 0.717) is 17.4 Å². The number of allylic oxidation sites excluding steroid dienone is 4. The smallest absolute Gasteiger partial charge is 0.181 e. The summed E-state index contributed by atoms with van der Waals surface area (Å²) < 4.78 is 64.0. The molecule has 1 aromatic carbocycles. The Morgan fingerprint density at radius 3 is 2.42 bits per heavy atom. The van der Waals surface area contributed by atoms with Gasteiger partial charge in [-0.3, -0.25) is 0 Å². The van der Waals surface area contributed by atoms with Crippen LogP contribution in [0.1, 0.15) is 104 Å². The van der Waals surface area contributed by atoms with Crippen LogP contribution in [0.15, 0.2) is 64.1 Å². The minimum atomic E-state index is -3.80. The number of rotatable bonds is 17. The predicted molar refractivity (Wildman–Crippen MR) is 207 cm³/mol. The standard InChI is InChI=1S/C43H66O9S/c1-29-14-18-35(19-15-29)53(45,46)39(26-40(44)42(4,5)52-41-13-9-10-23-49-41)31(3)36-20-21-37-32(12-11-22-43(36,37)6)16-17-33-24-34(50-27-47-7)25-38(30(33)2)51-28-48-8/h12,14-19,31,34,36-41,44H,9-11,13,20-28H2,1-8H3/t31-,34+,36+,37-,38-,39?,40?,41?,43+/m0/s1. The Hall–Kier alpha value is -1.89. The first-order valence-electron chi connectivity index (χ1n) is 19.8. The number of hydrogen-bond donors (Lipinski definition) is 1. The van der Waals surface area contributed by atoms with E-state index in [1.807, 2.05) is 32.9 Å². The van der Waals surface area contributed by atoms with Crippen LogP contribution in [0.2, 0.25) is 0 Å². The number of benzene rings is 1. The summed E-state index contributed by atoms with van der Waals surface area (Å²) >= 11 is 0. The van der Waals surface area contributed by atoms with Crippen LogP contribution in [0.25, 0.3) is 0 Å². The van der Waals surface area contributed by atoms with Crippen LogP contribution in [0, 0.1) is 30.1 Å². The number of ether oxygens (including phenoxy) is 6. The fraction of sp³-hybridized carbons (Fsp3) is 0.721. The zero-order valence-corrected chi connectivity index (χ0v) is 34.3. The average Bonchev–Trinajstić information content (AvgIpc) is 3.49. The molecule has 1 heterocycles. The van der Waals surface area contributed by atoms with Gasteiger partial charge in [-0.1, -0.05) is 49.8 Å². The molecular weight excluding hydrogens is 693 g/mol. The van der Waals surface area contributed by atoms with Gasteiger partial charge in [-0.15, -0.1) is 0 Å². The van der Waals surface area contributed by atoms with Gasteiger partial charge >= 0.3 is 0 Å². The first-order valence-corrected chi connectivity index (χ1v) is 21.3. The Balaban J connectivity index is 1.39. The fourth-order valence-electron chi connectivity index (χ4n) is 9.56. The maximum atomic E-state index is 14.7. The molecule has 0 aromatic heterocycles. The van der Waals surface area contributed by atoms with Crippen LogP contribution >= 0.6 is 0 Å². The number of aliphatic hydroxyl groups is 1. The quantitative estimate of drug-likeness (QED) is 0.157. The summed E-state index contributed by atoms with van der Waals surface area (Å²) in [6.07, 6.45) is 13.6. The van der Waals surface area contributed by atoms with Crippen molar-refractivity contribution in [1.29, 1.82) is 0 Å². The molecule has 1 saturated carbocycles. The van der Waals surface area contributed by atoms with Crippen molar-refractivity contribution in [3.8, 4) is 0 Å². The molecular formula is C43H66O9S. The maximum Gasteiger partial charge on any atom is 0.181 e. The summed E-state index contributed by atoms with van der Waals surface area (Å²) in [6, 6.07) is 7.16. The molecule has 1 aliphatic heterocycles. The molecule has 1 N–H and O–H groups in total. The lowest BCUT2D eigenvalue weighted by atomic mass is 9.62. The van der Waals surface area contributed by atoms with Crippen LogP contribution in [0.4, 0.5) is 0 Å². The molecule has 2 fully saturated rings. The van der Waals surface area contributed by atoms with Gasteiger partial charge < -0.3 is 33.5 Å². The van der Waals surface area contributed by atoms with Gasteiger partial charge in [0.15, 0.2) is 16.1 Å². The lowest BCUT2D eigenvalue weighted by Gasteiger charge is -2.45. The highest BCUT2D eigenvalue weighted by Crippen LogP contribution is 2.59. The number of hydrogen-bond acceptors (Lipinski definition) is 9. The van der Waals surface area contributed by atoms with Gasteiger partial charge in [0.2, 0.25) is 0 Å². The molecule has 9 nitrogen and oxygen atoms in total. The van der Waals surface area contributed by atoms with Gasteiger partial charge in [-0.25, -0.2) is 8.42 Å². The molecule has 3 aliphatic carbocycles. The van der Waals surface area contributed by atoms with Crippen molar-refractivity contribution in [2.24, 2.45) is 23.2 Å². The molecule has 9 atom stereocenters. The van der Waals surface area contributed by atoms with Crippen molar-refractivity contribution in [3.05, 3.63) is 64.8 Å². The van der Waals surface area contributed by atoms with Crippen molar-refractivity contribution >= 4 is 9.84 Å². The molecule has 53 heavy (non-hydrogen) atoms. The zero-order valence-electron chi connectivity index (χ0n) is 33.5. The fourth-order valence-corrected chi connectivity index (χ4v) is 11.6. The number of methoxy groups -OCH3 is 2. The summed E-state index contributed by atoms with van der Waals surface area (Å²) in [4.78, 5) is 0.310. The van der Waals surface area contributed by atoms with Crippen molar-refractivity contribution in [3.63, 3.8) is 0 Å². The van der Waals surface area contributed by atoms with Crippen LogP contribution < -0.4 is 0 Å². The van der Waals surface area contributed by atoms with Crippen molar-refractivity contribution in [1.82, 2.24) is 0 Å². The van der Waals surface area contributed by atoms with Crippen LogP contribution in [-0.2, 0) is 38.3 Å². The van der Waals surface area contributed by atoms with E-state index in [9.17, 15) is 13.5 Å². The Kier molecular flexibility index (Phi) is 14.6. The van der Waals surface area contributed by atoms with Crippen molar-refractivity contribution in [2.75, 3.05) is 34.4 Å². The maximum absolute atomic E-state index is 14.7. The summed E-state index contributed by atoms with van der Waals surface area (Å²) in [7, 11) is -0.529. The lowest BCUT2D eigenvalue weighted by molar-refractivity contribution is -0.239. The highest BCUT2D eigenvalue weighted by atomic mass is 32.2. The van der Waals surface area contributed by atoms with Crippen molar-refractivity contribution in [2.45, 2.75) is 146 Å².